The van der Waals surface area contributed by atoms with E-state index < -0.39 is 15.0 Å². The Morgan fingerprint density at radius 2 is 0.830 bits per heavy atom. The van der Waals surface area contributed by atoms with Crippen molar-refractivity contribution in [2.24, 2.45) is 0 Å². The molecule has 4 aromatic carbocycles. The predicted molar refractivity (Wildman–Crippen MR) is 188 cm³/mol. The van der Waals surface area contributed by atoms with Crippen LogP contribution in [0.5, 0.6) is 0 Å². The summed E-state index contributed by atoms with van der Waals surface area (Å²) < 4.78 is 5.62. The summed E-state index contributed by atoms with van der Waals surface area (Å²) in [5.41, 5.74) is 0.715. The number of hydrogen-bond donors (Lipinski definition) is 1. The fraction of sp³-hybridized carbons (Fsp3) is 0. The van der Waals surface area contributed by atoms with Gasteiger partial charge in [0, 0.05) is 18.6 Å². The van der Waals surface area contributed by atoms with Crippen molar-refractivity contribution in [3.63, 3.8) is 0 Å². The van der Waals surface area contributed by atoms with E-state index in [1.807, 2.05) is 74.8 Å². The van der Waals surface area contributed by atoms with Gasteiger partial charge in [-0.1, -0.05) is 72.8 Å². The van der Waals surface area contributed by atoms with Crippen LogP contribution in [0.4, 0.5) is 0 Å². The Morgan fingerprint density at radius 3 is 1.06 bits per heavy atom. The molecule has 0 saturated heterocycles. The predicted octanol–water partition coefficient (Wildman–Crippen LogP) is 1.94. The van der Waals surface area contributed by atoms with Crippen LogP contribution in [-0.2, 0) is 19.5 Å². The number of halogens is 1. The van der Waals surface area contributed by atoms with E-state index in [4.69, 9.17) is 10.7 Å². The largest absolute Gasteiger partial charge is 2.00 e. The van der Waals surface area contributed by atoms with Gasteiger partial charge in [0.15, 0.2) is 0 Å². The number of rotatable bonds is 6. The topological polar surface area (TPSA) is 101 Å². The standard InChI is InChI=1S/C18H15P.C9H10BN6.C7H5N.CH3N.HI.Ru/c1-4-10-16(11-5-1)19(17-12-6-2-7-13-17)18-14-8-3-9-15-18;1-4-11-14(7-1)10(15-8-2-5-12-15)16-9-3-6-13-16;8-6-7-4-2-1-3-5-7;1-2;;/h1-15H;1-10H;1-5H;2H,1H2;1H;/q;-1;;;;+2. The van der Waals surface area contributed by atoms with Gasteiger partial charge in [-0.25, -0.2) is 15.3 Å². The minimum absolute atomic E-state index is 0. The van der Waals surface area contributed by atoms with E-state index >= 15 is 0 Å². The number of nitriles is 1. The first-order valence-corrected chi connectivity index (χ1v) is 15.8. The van der Waals surface area contributed by atoms with Crippen LogP contribution in [0.1, 0.15) is 5.56 Å². The van der Waals surface area contributed by atoms with Gasteiger partial charge in [0.2, 0.25) is 0 Å². The number of aromatic nitrogens is 6. The van der Waals surface area contributed by atoms with Crippen LogP contribution in [0, 0.1) is 16.7 Å². The van der Waals surface area contributed by atoms with Gasteiger partial charge in [-0.15, -0.1) is 0 Å². The molecule has 47 heavy (non-hydrogen) atoms. The molecule has 8 nitrogen and oxygen atoms in total. The van der Waals surface area contributed by atoms with Crippen LogP contribution >= 0.6 is 7.92 Å². The van der Waals surface area contributed by atoms with Crippen LogP contribution in [0.25, 0.3) is 0 Å². The zero-order valence-electron chi connectivity index (χ0n) is 25.5. The van der Waals surface area contributed by atoms with E-state index in [1.165, 1.54) is 15.9 Å². The van der Waals surface area contributed by atoms with Crippen LogP contribution in [0.3, 0.4) is 0 Å². The van der Waals surface area contributed by atoms with Crippen molar-refractivity contribution in [3.8, 4) is 6.07 Å². The first-order chi connectivity index (χ1) is 22.3. The molecule has 0 fully saturated rings. The molecule has 0 aliphatic rings. The first kappa shape index (κ1) is 38.7. The summed E-state index contributed by atoms with van der Waals surface area (Å²) in [5.74, 6) is 0. The van der Waals surface area contributed by atoms with Crippen LogP contribution in [-0.4, -0.2) is 42.9 Å². The summed E-state index contributed by atoms with van der Waals surface area (Å²) in [6.45, 7) is 2.50. The molecule has 7 aromatic rings. The van der Waals surface area contributed by atoms with E-state index in [-0.39, 0.29) is 43.5 Å². The third kappa shape index (κ3) is 11.7. The maximum Gasteiger partial charge on any atom is 2.00 e. The van der Waals surface area contributed by atoms with Gasteiger partial charge in [-0.05, 0) is 92.0 Å². The normalized spacial score (nSPS) is 9.47. The Balaban J connectivity index is 0.000000249. The average Bonchev–Trinajstić information content (AvgIpc) is 3.95. The smallest absolute Gasteiger partial charge is 1.00 e. The zero-order valence-corrected chi connectivity index (χ0v) is 30.4. The van der Waals surface area contributed by atoms with E-state index in [0.717, 1.165) is 0 Å². The Morgan fingerprint density at radius 1 is 0.532 bits per heavy atom. The fourth-order valence-electron chi connectivity index (χ4n) is 4.68. The first-order valence-electron chi connectivity index (χ1n) is 14.3. The molecule has 0 spiro atoms. The molecule has 12 heteroatoms. The van der Waals surface area contributed by atoms with Gasteiger partial charge in [-0.3, -0.25) is 0 Å². The van der Waals surface area contributed by atoms with E-state index in [9.17, 15) is 0 Å². The minimum Gasteiger partial charge on any atom is -1.00 e. The van der Waals surface area contributed by atoms with Gasteiger partial charge in [0.1, 0.15) is 15.9 Å². The third-order valence-electron chi connectivity index (χ3n) is 6.64. The molecule has 236 valence electrons. The fourth-order valence-corrected chi connectivity index (χ4v) is 7.25. The van der Waals surface area contributed by atoms with Gasteiger partial charge in [-0.2, -0.15) is 5.26 Å². The molecule has 3 heterocycles. The van der Waals surface area contributed by atoms with Crippen molar-refractivity contribution in [3.05, 3.63) is 182 Å². The summed E-state index contributed by atoms with van der Waals surface area (Å²) in [6.07, 6.45) is 11.0. The zero-order chi connectivity index (χ0) is 31.5. The van der Waals surface area contributed by atoms with Crippen molar-refractivity contribution in [2.45, 2.75) is 0 Å². The Kier molecular flexibility index (Phi) is 18.2. The second-order valence-electron chi connectivity index (χ2n) is 9.51. The minimum atomic E-state index is -1.12. The SMILES string of the molecule is C=N.N#Cc1ccccc1.[I-].[Ru+2].c1ccc([PH+](c2ccccc2)c2ccccc2)cc1.c1cnn([BH-](n2cccn2)n2cccn2)c1. The quantitative estimate of drug-likeness (QED) is 0.120. The monoisotopic (exact) mass is 837 g/mol. The Labute approximate surface area is 307 Å². The molecule has 0 aliphatic heterocycles. The molecule has 0 amide bonds. The molecule has 0 bridgehead atoms. The molecule has 0 aliphatic carbocycles. The van der Waals surface area contributed by atoms with Gasteiger partial charge in [0.25, 0.3) is 0 Å². The summed E-state index contributed by atoms with van der Waals surface area (Å²) >= 11 is 0. The summed E-state index contributed by atoms with van der Waals surface area (Å²) in [7, 11) is -2.00. The maximum absolute atomic E-state index is 8.29. The number of hydrogen-bond acceptors (Lipinski definition) is 5. The Bertz CT molecular complexity index is 1620. The summed E-state index contributed by atoms with van der Waals surface area (Å²) in [4.78, 5) is 0. The van der Waals surface area contributed by atoms with Crippen LogP contribution in [0.15, 0.2) is 177 Å². The second-order valence-corrected chi connectivity index (χ2v) is 12.0. The summed E-state index contributed by atoms with van der Waals surface area (Å²) in [5, 5.41) is 30.9. The van der Waals surface area contributed by atoms with Gasteiger partial charge in [0.05, 0.1) is 19.6 Å². The van der Waals surface area contributed by atoms with Crippen LogP contribution < -0.4 is 39.9 Å². The van der Waals surface area contributed by atoms with Crippen molar-refractivity contribution in [1.29, 1.82) is 10.7 Å². The van der Waals surface area contributed by atoms with Gasteiger partial charge < -0.3 is 43.2 Å². The molecule has 0 radical (unpaired) electrons. The average molecular weight is 836 g/mol. The molecule has 0 saturated carbocycles. The maximum atomic E-state index is 8.29. The number of nitrogens with one attached hydrogen (secondary N) is 1. The Hall–Kier alpha value is -4.48. The summed E-state index contributed by atoms with van der Waals surface area (Å²) in [6, 6.07) is 49.3. The molecular formula is C35H34BIN8PRu+. The third-order valence-corrected chi connectivity index (χ3v) is 9.37. The molecular weight excluding hydrogens is 802 g/mol. The van der Waals surface area contributed by atoms with E-state index in [0.29, 0.717) is 5.56 Å². The van der Waals surface area contributed by atoms with E-state index in [2.05, 4.69) is 113 Å². The van der Waals surface area contributed by atoms with Gasteiger partial charge >= 0.3 is 26.6 Å². The second kappa shape index (κ2) is 22.1. The van der Waals surface area contributed by atoms with Crippen molar-refractivity contribution in [1.82, 2.24) is 29.1 Å². The van der Waals surface area contributed by atoms with Crippen molar-refractivity contribution in [2.75, 3.05) is 0 Å². The van der Waals surface area contributed by atoms with Crippen molar-refractivity contribution < 1.29 is 43.5 Å². The number of benzene rings is 4. The molecule has 0 atom stereocenters. The molecule has 0 unspecified atom stereocenters. The van der Waals surface area contributed by atoms with Crippen LogP contribution in [0.2, 0.25) is 0 Å². The number of nitrogens with zero attached hydrogens (tertiary/aromatic N) is 7. The molecule has 1 N–H and O–H groups in total. The molecule has 7 rings (SSSR count). The van der Waals surface area contributed by atoms with Crippen molar-refractivity contribution >= 4 is 37.7 Å². The molecule has 3 aromatic heterocycles. The van der Waals surface area contributed by atoms with E-state index in [1.54, 1.807) is 30.7 Å².